The largest absolute Gasteiger partial charge is 0.481 e. The van der Waals surface area contributed by atoms with E-state index in [0.29, 0.717) is 37.9 Å². The van der Waals surface area contributed by atoms with Crippen LogP contribution in [0.4, 0.5) is 0 Å². The van der Waals surface area contributed by atoms with Gasteiger partial charge in [-0.05, 0) is 57.3 Å². The summed E-state index contributed by atoms with van der Waals surface area (Å²) < 4.78 is 9.98. The molecule has 6 unspecified atom stereocenters. The zero-order valence-electron chi connectivity index (χ0n) is 18.3. The maximum Gasteiger partial charge on any atom is 0.309 e. The Morgan fingerprint density at radius 2 is 1.28 bits per heavy atom. The standard InChI is InChI=1S/C12H20O4.C10H18O3/c1-3-9-5-8(7-11(13)14)6-10(9)12(15)16-4-2;1-3-7-5-8(11)6-9(7)10(12)13-4-2/h8-10H,3-7H2,1-2H3,(H,13,14);7-9,11H,3-6H2,1-2H3. The van der Waals surface area contributed by atoms with Crippen molar-refractivity contribution in [2.45, 2.75) is 78.7 Å². The van der Waals surface area contributed by atoms with Crippen LogP contribution in [0.25, 0.3) is 0 Å². The average Bonchev–Trinajstić information content (AvgIpc) is 3.25. The first-order chi connectivity index (χ1) is 13.8. The van der Waals surface area contributed by atoms with Crippen LogP contribution in [-0.2, 0) is 23.9 Å². The highest BCUT2D eigenvalue weighted by Crippen LogP contribution is 2.40. The molecule has 0 amide bonds. The minimum Gasteiger partial charge on any atom is -0.481 e. The minimum atomic E-state index is -0.774. The van der Waals surface area contributed by atoms with Gasteiger partial charge in [0.1, 0.15) is 0 Å². The molecule has 0 aliphatic heterocycles. The Morgan fingerprint density at radius 1 is 0.793 bits per heavy atom. The number of ether oxygens (including phenoxy) is 2. The van der Waals surface area contributed by atoms with Crippen LogP contribution in [0.2, 0.25) is 0 Å². The first kappa shape index (κ1) is 25.4. The van der Waals surface area contributed by atoms with Crippen molar-refractivity contribution in [1.82, 2.24) is 0 Å². The molecule has 7 nitrogen and oxygen atoms in total. The number of carbonyl (C=O) groups is 3. The molecule has 0 saturated heterocycles. The molecule has 7 heteroatoms. The number of hydrogen-bond donors (Lipinski definition) is 2. The average molecular weight is 415 g/mol. The molecule has 2 N–H and O–H groups in total. The fourth-order valence-electron chi connectivity index (χ4n) is 4.73. The van der Waals surface area contributed by atoms with Gasteiger partial charge in [-0.15, -0.1) is 0 Å². The summed E-state index contributed by atoms with van der Waals surface area (Å²) in [6.45, 7) is 8.53. The summed E-state index contributed by atoms with van der Waals surface area (Å²) in [6, 6.07) is 0. The predicted octanol–water partition coefficient (Wildman–Crippen LogP) is 3.42. The summed E-state index contributed by atoms with van der Waals surface area (Å²) in [4.78, 5) is 33.7. The zero-order valence-corrected chi connectivity index (χ0v) is 18.3. The summed E-state index contributed by atoms with van der Waals surface area (Å²) in [6.07, 6.45) is 4.57. The third-order valence-corrected chi connectivity index (χ3v) is 6.15. The van der Waals surface area contributed by atoms with E-state index < -0.39 is 5.97 Å². The van der Waals surface area contributed by atoms with E-state index in [1.54, 1.807) is 6.92 Å². The Labute approximate surface area is 174 Å². The van der Waals surface area contributed by atoms with Crippen molar-refractivity contribution in [3.8, 4) is 0 Å². The molecule has 2 saturated carbocycles. The molecule has 0 aromatic rings. The quantitative estimate of drug-likeness (QED) is 0.586. The van der Waals surface area contributed by atoms with E-state index in [9.17, 15) is 19.5 Å². The van der Waals surface area contributed by atoms with E-state index in [1.807, 2.05) is 13.8 Å². The van der Waals surface area contributed by atoms with E-state index >= 15 is 0 Å². The van der Waals surface area contributed by atoms with Gasteiger partial charge >= 0.3 is 17.9 Å². The lowest BCUT2D eigenvalue weighted by molar-refractivity contribution is -0.150. The molecular weight excluding hydrogens is 376 g/mol. The van der Waals surface area contributed by atoms with Gasteiger partial charge in [0.2, 0.25) is 0 Å². The second-order valence-electron chi connectivity index (χ2n) is 8.11. The van der Waals surface area contributed by atoms with E-state index in [4.69, 9.17) is 14.6 Å². The maximum atomic E-state index is 11.7. The Hall–Kier alpha value is -1.63. The van der Waals surface area contributed by atoms with Gasteiger partial charge < -0.3 is 19.7 Å². The third kappa shape index (κ3) is 7.96. The highest BCUT2D eigenvalue weighted by Gasteiger charge is 2.39. The predicted molar refractivity (Wildman–Crippen MR) is 108 cm³/mol. The summed E-state index contributed by atoms with van der Waals surface area (Å²) in [5.41, 5.74) is 0. The zero-order chi connectivity index (χ0) is 22.0. The summed E-state index contributed by atoms with van der Waals surface area (Å²) in [5, 5.41) is 18.2. The molecule has 0 aromatic heterocycles. The second-order valence-corrected chi connectivity index (χ2v) is 8.11. The Kier molecular flexibility index (Phi) is 11.2. The van der Waals surface area contributed by atoms with Crippen LogP contribution in [-0.4, -0.2) is 47.4 Å². The number of aliphatic hydroxyl groups excluding tert-OH is 1. The van der Waals surface area contributed by atoms with E-state index in [-0.39, 0.29) is 42.2 Å². The molecule has 2 rings (SSSR count). The van der Waals surface area contributed by atoms with Crippen LogP contribution in [0, 0.1) is 29.6 Å². The van der Waals surface area contributed by atoms with Gasteiger partial charge in [0, 0.05) is 6.42 Å². The van der Waals surface area contributed by atoms with Crippen molar-refractivity contribution in [1.29, 1.82) is 0 Å². The van der Waals surface area contributed by atoms with Crippen molar-refractivity contribution < 1.29 is 34.1 Å². The molecule has 29 heavy (non-hydrogen) atoms. The molecule has 0 aromatic carbocycles. The topological polar surface area (TPSA) is 110 Å². The lowest BCUT2D eigenvalue weighted by Crippen LogP contribution is -2.21. The van der Waals surface area contributed by atoms with Gasteiger partial charge in [0.05, 0.1) is 31.2 Å². The molecule has 0 radical (unpaired) electrons. The Morgan fingerprint density at radius 3 is 1.72 bits per heavy atom. The van der Waals surface area contributed by atoms with Crippen molar-refractivity contribution in [3.05, 3.63) is 0 Å². The number of carboxylic acids is 1. The molecule has 2 aliphatic rings. The first-order valence-electron chi connectivity index (χ1n) is 11.0. The molecule has 0 heterocycles. The Bertz CT molecular complexity index is 533. The molecular formula is C22H38O7. The highest BCUT2D eigenvalue weighted by atomic mass is 16.5. The van der Waals surface area contributed by atoms with E-state index in [2.05, 4.69) is 6.92 Å². The number of hydrogen-bond acceptors (Lipinski definition) is 6. The van der Waals surface area contributed by atoms with E-state index in [1.165, 1.54) is 0 Å². The van der Waals surface area contributed by atoms with Gasteiger partial charge in [0.15, 0.2) is 0 Å². The van der Waals surface area contributed by atoms with Crippen LogP contribution in [0.1, 0.15) is 72.6 Å². The smallest absolute Gasteiger partial charge is 0.309 e. The second kappa shape index (κ2) is 12.8. The third-order valence-electron chi connectivity index (χ3n) is 6.15. The molecule has 2 aliphatic carbocycles. The summed E-state index contributed by atoms with van der Waals surface area (Å²) in [7, 11) is 0. The van der Waals surface area contributed by atoms with Crippen LogP contribution in [0.15, 0.2) is 0 Å². The molecule has 6 atom stereocenters. The molecule has 0 bridgehead atoms. The van der Waals surface area contributed by atoms with Crippen LogP contribution in [0.5, 0.6) is 0 Å². The number of carboxylic acid groups (broad SMARTS) is 1. The van der Waals surface area contributed by atoms with Gasteiger partial charge in [-0.3, -0.25) is 14.4 Å². The van der Waals surface area contributed by atoms with Crippen molar-refractivity contribution >= 4 is 17.9 Å². The molecule has 0 spiro atoms. The van der Waals surface area contributed by atoms with Crippen molar-refractivity contribution in [2.24, 2.45) is 29.6 Å². The lowest BCUT2D eigenvalue weighted by Gasteiger charge is -2.15. The van der Waals surface area contributed by atoms with Gasteiger partial charge in [-0.2, -0.15) is 0 Å². The number of aliphatic carboxylic acids is 1. The number of carbonyl (C=O) groups excluding carboxylic acids is 2. The van der Waals surface area contributed by atoms with Gasteiger partial charge in [-0.25, -0.2) is 0 Å². The molecule has 168 valence electrons. The Balaban J connectivity index is 0.000000296. The van der Waals surface area contributed by atoms with Crippen molar-refractivity contribution in [3.63, 3.8) is 0 Å². The number of rotatable bonds is 8. The summed E-state index contributed by atoms with van der Waals surface area (Å²) in [5.74, 6) is -0.471. The van der Waals surface area contributed by atoms with E-state index in [0.717, 1.165) is 25.7 Å². The van der Waals surface area contributed by atoms with Gasteiger partial charge in [-0.1, -0.05) is 26.7 Å². The van der Waals surface area contributed by atoms with Crippen molar-refractivity contribution in [2.75, 3.05) is 13.2 Å². The highest BCUT2D eigenvalue weighted by molar-refractivity contribution is 5.74. The number of esters is 2. The fraction of sp³-hybridized carbons (Fsp3) is 0.864. The normalized spacial score (nSPS) is 30.9. The summed E-state index contributed by atoms with van der Waals surface area (Å²) >= 11 is 0. The maximum absolute atomic E-state index is 11.7. The van der Waals surface area contributed by atoms with Gasteiger partial charge in [0.25, 0.3) is 0 Å². The fourth-order valence-corrected chi connectivity index (χ4v) is 4.73. The minimum absolute atomic E-state index is 0.0695. The molecule has 2 fully saturated rings. The first-order valence-corrected chi connectivity index (χ1v) is 11.0. The lowest BCUT2D eigenvalue weighted by atomic mass is 9.94. The number of aliphatic hydroxyl groups is 1. The van der Waals surface area contributed by atoms with Crippen LogP contribution >= 0.6 is 0 Å². The monoisotopic (exact) mass is 414 g/mol. The van der Waals surface area contributed by atoms with Crippen LogP contribution in [0.3, 0.4) is 0 Å². The van der Waals surface area contributed by atoms with Crippen LogP contribution < -0.4 is 0 Å². The SMILES string of the molecule is CCOC(=O)C1CC(CC(=O)O)CC1CC.CCOC(=O)C1CC(O)CC1CC.